The molecule has 6 rings (SSSR count). The van der Waals surface area contributed by atoms with Gasteiger partial charge in [0, 0.05) is 65.0 Å². The van der Waals surface area contributed by atoms with Gasteiger partial charge in [-0.1, -0.05) is 18.2 Å². The van der Waals surface area contributed by atoms with Gasteiger partial charge < -0.3 is 20.8 Å². The van der Waals surface area contributed by atoms with Crippen molar-refractivity contribution in [3.05, 3.63) is 48.4 Å². The Morgan fingerprint density at radius 1 is 1.07 bits per heavy atom. The van der Waals surface area contributed by atoms with Crippen LogP contribution in [0.15, 0.2) is 47.2 Å². The van der Waals surface area contributed by atoms with Gasteiger partial charge in [-0.05, 0) is 25.0 Å². The highest BCUT2D eigenvalue weighted by Crippen LogP contribution is 2.29. The van der Waals surface area contributed by atoms with Crippen LogP contribution in [0.3, 0.4) is 0 Å². The van der Waals surface area contributed by atoms with Crippen LogP contribution in [0.2, 0.25) is 0 Å². The molecule has 2 fully saturated rings. The number of carbonyl (C=O) groups is 3. The largest absolute Gasteiger partial charge is 0.423 e. The number of urea groups is 1. The van der Waals surface area contributed by atoms with Crippen molar-refractivity contribution in [1.82, 2.24) is 44.7 Å². The minimum atomic E-state index is -0.858. The standard InChI is InChI=1S/C29H36N12O4/c30-9-12-39-15-13-38(14-16-39)10-4-8-22(42)40-11-3-5-19(17-40)41-26-23(25(31)32-18-33-26)24(37-41)27(43)35-28(44)36-29-34-20-6-1-2-7-21(20)45-29/h1-2,4,6-8,18-19H,3,5,9-17,30H2,(H2,31,32,33)(H2,34,35,36,43,44)/b8-4+/t19-/m1/s1. The molecule has 0 radical (unpaired) electrons. The van der Waals surface area contributed by atoms with Gasteiger partial charge >= 0.3 is 12.0 Å². The van der Waals surface area contributed by atoms with Crippen molar-refractivity contribution in [2.24, 2.45) is 5.73 Å². The van der Waals surface area contributed by atoms with Crippen molar-refractivity contribution >= 4 is 51.8 Å². The van der Waals surface area contributed by atoms with Crippen molar-refractivity contribution in [2.45, 2.75) is 18.9 Å². The summed E-state index contributed by atoms with van der Waals surface area (Å²) in [4.78, 5) is 58.0. The third-order valence-corrected chi connectivity index (χ3v) is 8.06. The number of para-hydroxylation sites is 2. The molecule has 2 aliphatic heterocycles. The molecule has 2 saturated heterocycles. The third-order valence-electron chi connectivity index (χ3n) is 8.06. The molecule has 4 aromatic rings. The Hall–Kier alpha value is -4.93. The highest BCUT2D eigenvalue weighted by molar-refractivity contribution is 6.13. The minimum Gasteiger partial charge on any atom is -0.423 e. The van der Waals surface area contributed by atoms with Crippen molar-refractivity contribution in [1.29, 1.82) is 0 Å². The van der Waals surface area contributed by atoms with Crippen LogP contribution in [0.4, 0.5) is 16.6 Å². The number of hydrogen-bond acceptors (Lipinski definition) is 12. The third kappa shape index (κ3) is 6.77. The molecule has 0 bridgehead atoms. The van der Waals surface area contributed by atoms with E-state index in [0.717, 1.165) is 39.1 Å². The van der Waals surface area contributed by atoms with Gasteiger partial charge in [0.05, 0.1) is 11.4 Å². The van der Waals surface area contributed by atoms with Crippen LogP contribution < -0.4 is 22.1 Å². The second-order valence-corrected chi connectivity index (χ2v) is 11.1. The number of nitrogens with two attached hydrogens (primary N) is 2. The molecular formula is C29H36N12O4. The fourth-order valence-electron chi connectivity index (χ4n) is 5.77. The number of piperidine rings is 1. The number of amides is 4. The molecule has 0 aliphatic carbocycles. The summed E-state index contributed by atoms with van der Waals surface area (Å²) < 4.78 is 7.10. The lowest BCUT2D eigenvalue weighted by Gasteiger charge is -2.34. The van der Waals surface area contributed by atoms with Crippen LogP contribution in [0.25, 0.3) is 22.1 Å². The first-order valence-electron chi connectivity index (χ1n) is 15.0. The molecule has 236 valence electrons. The van der Waals surface area contributed by atoms with Gasteiger partial charge in [-0.15, -0.1) is 0 Å². The molecule has 16 nitrogen and oxygen atoms in total. The topological polar surface area (TPSA) is 207 Å². The van der Waals surface area contributed by atoms with Gasteiger partial charge in [0.25, 0.3) is 5.91 Å². The van der Waals surface area contributed by atoms with Crippen molar-refractivity contribution < 1.29 is 18.8 Å². The molecule has 0 unspecified atom stereocenters. The molecule has 0 saturated carbocycles. The first kappa shape index (κ1) is 30.1. The van der Waals surface area contributed by atoms with Crippen LogP contribution in [-0.4, -0.2) is 116 Å². The predicted molar refractivity (Wildman–Crippen MR) is 166 cm³/mol. The predicted octanol–water partition coefficient (Wildman–Crippen LogP) is 0.808. The van der Waals surface area contributed by atoms with E-state index in [1.165, 1.54) is 6.33 Å². The molecular weight excluding hydrogens is 580 g/mol. The number of piperazine rings is 1. The summed E-state index contributed by atoms with van der Waals surface area (Å²) in [7, 11) is 0. The van der Waals surface area contributed by atoms with E-state index in [1.54, 1.807) is 39.9 Å². The Morgan fingerprint density at radius 3 is 2.67 bits per heavy atom. The van der Waals surface area contributed by atoms with Crippen LogP contribution >= 0.6 is 0 Å². The van der Waals surface area contributed by atoms with E-state index in [0.29, 0.717) is 49.3 Å². The lowest BCUT2D eigenvalue weighted by atomic mass is 10.1. The van der Waals surface area contributed by atoms with E-state index in [9.17, 15) is 14.4 Å². The molecule has 16 heteroatoms. The van der Waals surface area contributed by atoms with E-state index < -0.39 is 11.9 Å². The van der Waals surface area contributed by atoms with Crippen molar-refractivity contribution in [2.75, 3.05) is 70.0 Å². The molecule has 2 aliphatic rings. The number of hydrogen-bond donors (Lipinski definition) is 4. The fraction of sp³-hybridized carbons (Fsp3) is 0.414. The molecule has 6 N–H and O–H groups in total. The molecule has 0 spiro atoms. The number of imide groups is 1. The normalized spacial score (nSPS) is 18.2. The average Bonchev–Trinajstić information content (AvgIpc) is 3.64. The summed E-state index contributed by atoms with van der Waals surface area (Å²) in [5, 5.41) is 9.43. The number of nitrogen functional groups attached to an aromatic ring is 1. The highest BCUT2D eigenvalue weighted by atomic mass is 16.4. The summed E-state index contributed by atoms with van der Waals surface area (Å²) in [6, 6.07) is 5.83. The minimum absolute atomic E-state index is 0.0475. The molecule has 1 aromatic carbocycles. The van der Waals surface area contributed by atoms with Gasteiger partial charge in [-0.3, -0.25) is 30.0 Å². The number of benzene rings is 1. The first-order valence-corrected chi connectivity index (χ1v) is 15.0. The maximum Gasteiger partial charge on any atom is 0.329 e. The second kappa shape index (κ2) is 13.4. The van der Waals surface area contributed by atoms with Gasteiger partial charge in [-0.25, -0.2) is 19.4 Å². The quantitative estimate of drug-likeness (QED) is 0.203. The van der Waals surface area contributed by atoms with E-state index in [4.69, 9.17) is 15.9 Å². The van der Waals surface area contributed by atoms with Crippen LogP contribution in [0, 0.1) is 0 Å². The number of carbonyl (C=O) groups excluding carboxylic acids is 3. The molecule has 5 heterocycles. The molecule has 3 aromatic heterocycles. The van der Waals surface area contributed by atoms with E-state index in [1.807, 2.05) is 6.08 Å². The fourth-order valence-corrected chi connectivity index (χ4v) is 5.77. The smallest absolute Gasteiger partial charge is 0.329 e. The number of aromatic nitrogens is 5. The zero-order valence-electron chi connectivity index (χ0n) is 24.8. The van der Waals surface area contributed by atoms with E-state index in [-0.39, 0.29) is 34.9 Å². The number of rotatable bonds is 8. The first-order chi connectivity index (χ1) is 21.9. The monoisotopic (exact) mass is 616 g/mol. The van der Waals surface area contributed by atoms with Crippen LogP contribution in [-0.2, 0) is 4.79 Å². The summed E-state index contributed by atoms with van der Waals surface area (Å²) >= 11 is 0. The van der Waals surface area contributed by atoms with Crippen molar-refractivity contribution in [3.8, 4) is 0 Å². The van der Waals surface area contributed by atoms with Gasteiger partial charge in [0.2, 0.25) is 5.91 Å². The van der Waals surface area contributed by atoms with E-state index >= 15 is 0 Å². The summed E-state index contributed by atoms with van der Waals surface area (Å²) in [5.41, 5.74) is 13.1. The highest BCUT2D eigenvalue weighted by Gasteiger charge is 2.30. The number of fused-ring (bicyclic) bond motifs is 2. The van der Waals surface area contributed by atoms with Gasteiger partial charge in [-0.2, -0.15) is 10.1 Å². The Morgan fingerprint density at radius 2 is 1.87 bits per heavy atom. The number of nitrogens with one attached hydrogen (secondary N) is 2. The lowest BCUT2D eigenvalue weighted by Crippen LogP contribution is -2.47. The zero-order valence-corrected chi connectivity index (χ0v) is 24.8. The number of anilines is 2. The molecule has 45 heavy (non-hydrogen) atoms. The lowest BCUT2D eigenvalue weighted by molar-refractivity contribution is -0.127. The number of nitrogens with zero attached hydrogens (tertiary/aromatic N) is 8. The van der Waals surface area contributed by atoms with Gasteiger partial charge in [0.1, 0.15) is 17.7 Å². The Labute approximate surface area is 258 Å². The van der Waals surface area contributed by atoms with Gasteiger partial charge in [0.15, 0.2) is 16.9 Å². The number of likely N-dealkylation sites (tertiary alicyclic amines) is 1. The number of oxazole rings is 1. The maximum atomic E-state index is 13.3. The Kier molecular flexibility index (Phi) is 8.95. The zero-order chi connectivity index (χ0) is 31.3. The van der Waals surface area contributed by atoms with Crippen LogP contribution in [0.5, 0.6) is 0 Å². The van der Waals surface area contributed by atoms with Crippen LogP contribution in [0.1, 0.15) is 29.4 Å². The Bertz CT molecular complexity index is 1690. The Balaban J connectivity index is 1.11. The van der Waals surface area contributed by atoms with E-state index in [2.05, 4.69) is 40.5 Å². The summed E-state index contributed by atoms with van der Waals surface area (Å²) in [5.74, 6) is -0.836. The SMILES string of the molecule is NCCN1CCN(C/C=C/C(=O)N2CCC[C@@H](n3nc(C(=O)NC(=O)Nc4nc5ccccc5o4)c4c(N)ncnc43)C2)CC1. The maximum absolute atomic E-state index is 13.3. The molecule has 4 amide bonds. The van der Waals surface area contributed by atoms with Crippen molar-refractivity contribution in [3.63, 3.8) is 0 Å². The second-order valence-electron chi connectivity index (χ2n) is 11.1. The summed E-state index contributed by atoms with van der Waals surface area (Å²) in [6.45, 7) is 7.09. The summed E-state index contributed by atoms with van der Waals surface area (Å²) in [6.07, 6.45) is 6.28. The molecule has 1 atom stereocenters. The average molecular weight is 617 g/mol.